The predicted molar refractivity (Wildman–Crippen MR) is 58.5 cm³/mol. The van der Waals surface area contributed by atoms with Gasteiger partial charge < -0.3 is 4.57 Å². The van der Waals surface area contributed by atoms with Gasteiger partial charge in [-0.2, -0.15) is 0 Å². The van der Waals surface area contributed by atoms with Crippen LogP contribution in [-0.4, -0.2) is 9.55 Å². The van der Waals surface area contributed by atoms with Crippen molar-refractivity contribution in [2.45, 2.75) is 20.8 Å². The molecule has 0 bridgehead atoms. The largest absolute Gasteiger partial charge is 0.332 e. The number of aromatic nitrogens is 2. The Morgan fingerprint density at radius 1 is 1.46 bits per heavy atom. The monoisotopic (exact) mass is 178 g/mol. The first kappa shape index (κ1) is 11.7. The number of aryl methyl sites for hydroxylation is 1. The van der Waals surface area contributed by atoms with Crippen LogP contribution in [0, 0.1) is 6.92 Å². The quantitative estimate of drug-likeness (QED) is 0.637. The molecule has 0 aliphatic rings. The van der Waals surface area contributed by atoms with Crippen molar-refractivity contribution in [2.75, 3.05) is 0 Å². The summed E-state index contributed by atoms with van der Waals surface area (Å²) in [5, 5.41) is 0. The van der Waals surface area contributed by atoms with Gasteiger partial charge in [0.05, 0.1) is 0 Å². The molecule has 0 radical (unpaired) electrons. The van der Waals surface area contributed by atoms with E-state index in [1.807, 2.05) is 50.7 Å². The average molecular weight is 178 g/mol. The molecule has 0 unspecified atom stereocenters. The van der Waals surface area contributed by atoms with Crippen molar-refractivity contribution in [1.29, 1.82) is 0 Å². The summed E-state index contributed by atoms with van der Waals surface area (Å²) in [5.41, 5.74) is 1.16. The van der Waals surface area contributed by atoms with Gasteiger partial charge in [0.2, 0.25) is 0 Å². The topological polar surface area (TPSA) is 17.8 Å². The lowest BCUT2D eigenvalue weighted by Gasteiger charge is -1.95. The summed E-state index contributed by atoms with van der Waals surface area (Å²) in [4.78, 5) is 4.18. The summed E-state index contributed by atoms with van der Waals surface area (Å²) in [6.45, 7) is 9.61. The van der Waals surface area contributed by atoms with E-state index in [1.165, 1.54) is 0 Å². The van der Waals surface area contributed by atoms with Crippen molar-refractivity contribution in [2.24, 2.45) is 7.05 Å². The first-order valence-corrected chi connectivity index (χ1v) is 4.53. The van der Waals surface area contributed by atoms with Crippen molar-refractivity contribution in [3.05, 3.63) is 36.4 Å². The molecule has 1 rings (SSSR count). The summed E-state index contributed by atoms with van der Waals surface area (Å²) < 4.78 is 2.03. The van der Waals surface area contributed by atoms with Gasteiger partial charge in [-0.05, 0) is 13.0 Å². The predicted octanol–water partition coefficient (Wildman–Crippen LogP) is 2.95. The number of hydrogen-bond donors (Lipinski definition) is 0. The molecule has 0 aromatic carbocycles. The van der Waals surface area contributed by atoms with E-state index in [-0.39, 0.29) is 0 Å². The summed E-state index contributed by atoms with van der Waals surface area (Å²) in [5.74, 6) is 0.961. The normalized spacial score (nSPS) is 9.54. The fraction of sp³-hybridized carbons (Fsp3) is 0.364. The Morgan fingerprint density at radius 2 is 2.08 bits per heavy atom. The van der Waals surface area contributed by atoms with E-state index in [4.69, 9.17) is 0 Å². The van der Waals surface area contributed by atoms with Crippen LogP contribution >= 0.6 is 0 Å². The second-order valence-corrected chi connectivity index (χ2v) is 2.41. The van der Waals surface area contributed by atoms with Gasteiger partial charge in [-0.15, -0.1) is 0 Å². The number of imidazole rings is 1. The first-order chi connectivity index (χ1) is 6.25. The molecule has 1 heterocycles. The Morgan fingerprint density at radius 3 is 2.46 bits per heavy atom. The molecule has 0 fully saturated rings. The van der Waals surface area contributed by atoms with Gasteiger partial charge in [-0.3, -0.25) is 0 Å². The number of nitrogens with zero attached hydrogens (tertiary/aromatic N) is 2. The molecule has 0 saturated heterocycles. The van der Waals surface area contributed by atoms with Crippen molar-refractivity contribution in [3.8, 4) is 0 Å². The van der Waals surface area contributed by atoms with Crippen LogP contribution in [0.5, 0.6) is 0 Å². The van der Waals surface area contributed by atoms with Crippen LogP contribution < -0.4 is 0 Å². The van der Waals surface area contributed by atoms with Crippen molar-refractivity contribution in [3.63, 3.8) is 0 Å². The molecular weight excluding hydrogens is 160 g/mol. The second-order valence-electron chi connectivity index (χ2n) is 2.41. The molecule has 13 heavy (non-hydrogen) atoms. The molecule has 0 spiro atoms. The second kappa shape index (κ2) is 6.23. The highest BCUT2D eigenvalue weighted by Crippen LogP contribution is 2.02. The van der Waals surface area contributed by atoms with Crippen LogP contribution in [0.4, 0.5) is 0 Å². The lowest BCUT2D eigenvalue weighted by atomic mass is 10.4. The van der Waals surface area contributed by atoms with Gasteiger partial charge in [0.15, 0.2) is 0 Å². The zero-order valence-electron chi connectivity index (χ0n) is 8.91. The molecular formula is C11H18N2. The molecule has 1 aromatic heterocycles. The molecule has 0 atom stereocenters. The maximum absolute atomic E-state index is 4.18. The van der Waals surface area contributed by atoms with E-state index in [0.29, 0.717) is 0 Å². The standard InChI is InChI=1S/C9H12N2.C2H6/c1-4-5-6-9-10-7-8(2)11(9)3;1-2/h4-7H,1H2,2-3H3;1-2H3/b6-5-;. The van der Waals surface area contributed by atoms with E-state index < -0.39 is 0 Å². The number of allylic oxidation sites excluding steroid dienone is 2. The van der Waals surface area contributed by atoms with Gasteiger partial charge in [0, 0.05) is 18.9 Å². The maximum atomic E-state index is 4.18. The minimum Gasteiger partial charge on any atom is -0.332 e. The van der Waals surface area contributed by atoms with Gasteiger partial charge >= 0.3 is 0 Å². The Bertz CT molecular complexity index is 282. The van der Waals surface area contributed by atoms with Gasteiger partial charge in [0.1, 0.15) is 5.82 Å². The van der Waals surface area contributed by atoms with Crippen LogP contribution in [0.1, 0.15) is 25.4 Å². The SMILES string of the molecule is C=C/C=C\c1ncc(C)n1C.CC. The van der Waals surface area contributed by atoms with Crippen LogP contribution in [0.25, 0.3) is 6.08 Å². The number of hydrogen-bond acceptors (Lipinski definition) is 1. The van der Waals surface area contributed by atoms with Gasteiger partial charge in [0.25, 0.3) is 0 Å². The lowest BCUT2D eigenvalue weighted by Crippen LogP contribution is -1.92. The van der Waals surface area contributed by atoms with E-state index in [2.05, 4.69) is 11.6 Å². The molecule has 0 aliphatic heterocycles. The zero-order valence-corrected chi connectivity index (χ0v) is 8.91. The van der Waals surface area contributed by atoms with Crippen LogP contribution in [0.2, 0.25) is 0 Å². The fourth-order valence-electron chi connectivity index (χ4n) is 0.822. The molecule has 2 heteroatoms. The molecule has 1 aromatic rings. The Hall–Kier alpha value is -1.31. The summed E-state index contributed by atoms with van der Waals surface area (Å²) >= 11 is 0. The highest BCUT2D eigenvalue weighted by Gasteiger charge is 1.96. The smallest absolute Gasteiger partial charge is 0.132 e. The third-order valence-electron chi connectivity index (χ3n) is 1.64. The van der Waals surface area contributed by atoms with E-state index in [9.17, 15) is 0 Å². The van der Waals surface area contributed by atoms with E-state index in [0.717, 1.165) is 11.5 Å². The Kier molecular flexibility index (Phi) is 5.60. The Labute approximate surface area is 80.6 Å². The maximum Gasteiger partial charge on any atom is 0.132 e. The highest BCUT2D eigenvalue weighted by atomic mass is 15.0. The van der Waals surface area contributed by atoms with Crippen molar-refractivity contribution < 1.29 is 0 Å². The van der Waals surface area contributed by atoms with Crippen LogP contribution in [-0.2, 0) is 7.05 Å². The van der Waals surface area contributed by atoms with E-state index >= 15 is 0 Å². The Balaban J connectivity index is 0.000000671. The molecule has 72 valence electrons. The lowest BCUT2D eigenvalue weighted by molar-refractivity contribution is 0.860. The van der Waals surface area contributed by atoms with Crippen LogP contribution in [0.15, 0.2) is 24.9 Å². The summed E-state index contributed by atoms with van der Waals surface area (Å²) in [6.07, 6.45) is 7.40. The fourth-order valence-corrected chi connectivity index (χ4v) is 0.822. The van der Waals surface area contributed by atoms with Crippen molar-refractivity contribution >= 4 is 6.08 Å². The zero-order chi connectivity index (χ0) is 10.3. The minimum atomic E-state index is 0.961. The third-order valence-corrected chi connectivity index (χ3v) is 1.64. The number of rotatable bonds is 2. The molecule has 2 nitrogen and oxygen atoms in total. The summed E-state index contributed by atoms with van der Waals surface area (Å²) in [6, 6.07) is 0. The average Bonchev–Trinajstić information content (AvgIpc) is 2.48. The molecule has 0 saturated carbocycles. The van der Waals surface area contributed by atoms with Gasteiger partial charge in [-0.25, -0.2) is 4.98 Å². The molecule has 0 aliphatic carbocycles. The van der Waals surface area contributed by atoms with E-state index in [1.54, 1.807) is 6.08 Å². The van der Waals surface area contributed by atoms with Crippen LogP contribution in [0.3, 0.4) is 0 Å². The third kappa shape index (κ3) is 3.28. The van der Waals surface area contributed by atoms with Crippen molar-refractivity contribution in [1.82, 2.24) is 9.55 Å². The highest BCUT2D eigenvalue weighted by molar-refractivity contribution is 5.43. The first-order valence-electron chi connectivity index (χ1n) is 4.53. The summed E-state index contributed by atoms with van der Waals surface area (Å²) in [7, 11) is 1.99. The molecule has 0 amide bonds. The molecule has 0 N–H and O–H groups in total. The minimum absolute atomic E-state index is 0.961. The van der Waals surface area contributed by atoms with Gasteiger partial charge in [-0.1, -0.05) is 32.6 Å².